The molecule has 0 saturated heterocycles. The Kier molecular flexibility index (Phi) is 5.52. The van der Waals surface area contributed by atoms with E-state index in [9.17, 15) is 4.79 Å². The summed E-state index contributed by atoms with van der Waals surface area (Å²) in [7, 11) is 3.55. The van der Waals surface area contributed by atoms with Gasteiger partial charge in [-0.3, -0.25) is 4.79 Å². The highest BCUT2D eigenvalue weighted by Gasteiger charge is 2.14. The number of nitrogens with one attached hydrogen (secondary N) is 1. The summed E-state index contributed by atoms with van der Waals surface area (Å²) in [5.41, 5.74) is 2.52. The standard InChI is InChI=1S/C18H22N2O/c1-20(2)18(21)14-19-13-17(15-9-5-3-6-10-15)16-11-7-4-8-12-16/h3-12,17,19H,13-14H2,1-2H3. The van der Waals surface area contributed by atoms with Crippen molar-refractivity contribution in [2.45, 2.75) is 5.92 Å². The van der Waals surface area contributed by atoms with Gasteiger partial charge in [-0.05, 0) is 11.1 Å². The fraction of sp³-hybridized carbons (Fsp3) is 0.278. The van der Waals surface area contributed by atoms with Gasteiger partial charge in [-0.2, -0.15) is 0 Å². The van der Waals surface area contributed by atoms with Crippen LogP contribution in [-0.4, -0.2) is 38.0 Å². The van der Waals surface area contributed by atoms with Crippen molar-refractivity contribution in [3.05, 3.63) is 71.8 Å². The minimum absolute atomic E-state index is 0.0925. The molecule has 1 N–H and O–H groups in total. The number of benzene rings is 2. The molecule has 0 aromatic heterocycles. The normalized spacial score (nSPS) is 10.6. The molecule has 0 heterocycles. The lowest BCUT2D eigenvalue weighted by Gasteiger charge is -2.19. The molecule has 1 amide bonds. The lowest BCUT2D eigenvalue weighted by molar-refractivity contribution is -0.127. The topological polar surface area (TPSA) is 32.3 Å². The summed E-state index contributed by atoms with van der Waals surface area (Å²) in [4.78, 5) is 13.3. The average Bonchev–Trinajstić information content (AvgIpc) is 2.53. The van der Waals surface area contributed by atoms with E-state index in [0.29, 0.717) is 6.54 Å². The molecule has 3 nitrogen and oxygen atoms in total. The molecule has 0 atom stereocenters. The second-order valence-electron chi connectivity index (χ2n) is 5.29. The van der Waals surface area contributed by atoms with Crippen molar-refractivity contribution in [3.63, 3.8) is 0 Å². The van der Waals surface area contributed by atoms with E-state index in [1.807, 2.05) is 12.1 Å². The van der Waals surface area contributed by atoms with E-state index in [1.54, 1.807) is 19.0 Å². The molecule has 0 unspecified atom stereocenters. The van der Waals surface area contributed by atoms with E-state index in [1.165, 1.54) is 11.1 Å². The van der Waals surface area contributed by atoms with E-state index in [0.717, 1.165) is 6.54 Å². The Morgan fingerprint density at radius 2 is 1.43 bits per heavy atom. The molecule has 0 spiro atoms. The van der Waals surface area contributed by atoms with Crippen LogP contribution in [-0.2, 0) is 4.79 Å². The fourth-order valence-electron chi connectivity index (χ4n) is 2.28. The number of rotatable bonds is 6. The van der Waals surface area contributed by atoms with Gasteiger partial charge in [-0.1, -0.05) is 60.7 Å². The largest absolute Gasteiger partial charge is 0.348 e. The van der Waals surface area contributed by atoms with Gasteiger partial charge in [-0.25, -0.2) is 0 Å². The van der Waals surface area contributed by atoms with Crippen LogP contribution in [0.1, 0.15) is 17.0 Å². The summed E-state index contributed by atoms with van der Waals surface area (Å²) >= 11 is 0. The predicted molar refractivity (Wildman–Crippen MR) is 86.3 cm³/mol. The van der Waals surface area contributed by atoms with Crippen LogP contribution in [0.4, 0.5) is 0 Å². The second kappa shape index (κ2) is 7.60. The summed E-state index contributed by atoms with van der Waals surface area (Å²) in [5.74, 6) is 0.345. The van der Waals surface area contributed by atoms with Crippen molar-refractivity contribution < 1.29 is 4.79 Å². The summed E-state index contributed by atoms with van der Waals surface area (Å²) in [5, 5.41) is 3.27. The molecule has 2 aromatic carbocycles. The first-order chi connectivity index (χ1) is 10.2. The molecule has 110 valence electrons. The number of hydrogen-bond donors (Lipinski definition) is 1. The zero-order valence-corrected chi connectivity index (χ0v) is 12.6. The van der Waals surface area contributed by atoms with Crippen LogP contribution in [0.5, 0.6) is 0 Å². The zero-order chi connectivity index (χ0) is 15.1. The highest BCUT2D eigenvalue weighted by atomic mass is 16.2. The molecule has 0 aliphatic heterocycles. The Labute approximate surface area is 126 Å². The fourth-order valence-corrected chi connectivity index (χ4v) is 2.28. The first-order valence-electron chi connectivity index (χ1n) is 7.19. The maximum Gasteiger partial charge on any atom is 0.236 e. The van der Waals surface area contributed by atoms with Gasteiger partial charge in [0, 0.05) is 26.6 Å². The lowest BCUT2D eigenvalue weighted by Crippen LogP contribution is -2.35. The van der Waals surface area contributed by atoms with Crippen LogP contribution in [0.2, 0.25) is 0 Å². The third-order valence-electron chi connectivity index (χ3n) is 3.53. The molecule has 21 heavy (non-hydrogen) atoms. The summed E-state index contributed by atoms with van der Waals surface area (Å²) < 4.78 is 0. The van der Waals surface area contributed by atoms with E-state index in [-0.39, 0.29) is 11.8 Å². The highest BCUT2D eigenvalue weighted by molar-refractivity contribution is 5.77. The van der Waals surface area contributed by atoms with Gasteiger partial charge < -0.3 is 10.2 Å². The third kappa shape index (κ3) is 4.43. The van der Waals surface area contributed by atoms with Gasteiger partial charge in [0.1, 0.15) is 0 Å². The van der Waals surface area contributed by atoms with Crippen LogP contribution < -0.4 is 5.32 Å². The van der Waals surface area contributed by atoms with E-state index >= 15 is 0 Å². The van der Waals surface area contributed by atoms with Crippen LogP contribution in [0, 0.1) is 0 Å². The molecular formula is C18H22N2O. The van der Waals surface area contributed by atoms with Crippen LogP contribution in [0.3, 0.4) is 0 Å². The van der Waals surface area contributed by atoms with Gasteiger partial charge in [0.05, 0.1) is 6.54 Å². The molecule has 0 radical (unpaired) electrons. The van der Waals surface area contributed by atoms with Crippen molar-refractivity contribution in [1.82, 2.24) is 10.2 Å². The van der Waals surface area contributed by atoms with Crippen LogP contribution in [0.25, 0.3) is 0 Å². The van der Waals surface area contributed by atoms with Crippen molar-refractivity contribution in [2.24, 2.45) is 0 Å². The van der Waals surface area contributed by atoms with Crippen molar-refractivity contribution in [2.75, 3.05) is 27.2 Å². The minimum Gasteiger partial charge on any atom is -0.348 e. The number of carbonyl (C=O) groups excluding carboxylic acids is 1. The quantitative estimate of drug-likeness (QED) is 0.883. The first kappa shape index (κ1) is 15.3. The summed E-state index contributed by atoms with van der Waals surface area (Å²) in [6.45, 7) is 1.11. The second-order valence-corrected chi connectivity index (χ2v) is 5.29. The SMILES string of the molecule is CN(C)C(=O)CNCC(c1ccccc1)c1ccccc1. The zero-order valence-electron chi connectivity index (χ0n) is 12.6. The van der Waals surface area contributed by atoms with Crippen molar-refractivity contribution in [3.8, 4) is 0 Å². The molecule has 0 saturated carbocycles. The summed E-state index contributed by atoms with van der Waals surface area (Å²) in [6.07, 6.45) is 0. The predicted octanol–water partition coefficient (Wildman–Crippen LogP) is 2.50. The molecular weight excluding hydrogens is 260 g/mol. The maximum atomic E-state index is 11.7. The van der Waals surface area contributed by atoms with E-state index < -0.39 is 0 Å². The van der Waals surface area contributed by atoms with Gasteiger partial charge >= 0.3 is 0 Å². The number of likely N-dealkylation sites (N-methyl/N-ethyl adjacent to an activating group) is 1. The van der Waals surface area contributed by atoms with Gasteiger partial charge in [-0.15, -0.1) is 0 Å². The number of nitrogens with zero attached hydrogens (tertiary/aromatic N) is 1. The Morgan fingerprint density at radius 1 is 0.952 bits per heavy atom. The third-order valence-corrected chi connectivity index (χ3v) is 3.53. The molecule has 0 fully saturated rings. The first-order valence-corrected chi connectivity index (χ1v) is 7.19. The van der Waals surface area contributed by atoms with E-state index in [4.69, 9.17) is 0 Å². The monoisotopic (exact) mass is 282 g/mol. The molecule has 0 aliphatic rings. The Morgan fingerprint density at radius 3 is 1.86 bits per heavy atom. The lowest BCUT2D eigenvalue weighted by atomic mass is 9.91. The number of carbonyl (C=O) groups is 1. The van der Waals surface area contributed by atoms with Crippen molar-refractivity contribution >= 4 is 5.91 Å². The Bertz CT molecular complexity index is 512. The van der Waals surface area contributed by atoms with E-state index in [2.05, 4.69) is 53.8 Å². The van der Waals surface area contributed by atoms with Gasteiger partial charge in [0.25, 0.3) is 0 Å². The molecule has 2 aromatic rings. The molecule has 0 bridgehead atoms. The smallest absolute Gasteiger partial charge is 0.236 e. The van der Waals surface area contributed by atoms with Crippen molar-refractivity contribution in [1.29, 1.82) is 0 Å². The molecule has 3 heteroatoms. The van der Waals surface area contributed by atoms with Crippen LogP contribution >= 0.6 is 0 Å². The summed E-state index contributed by atoms with van der Waals surface area (Å²) in [6, 6.07) is 20.8. The maximum absolute atomic E-state index is 11.7. The van der Waals surface area contributed by atoms with Gasteiger partial charge in [0.2, 0.25) is 5.91 Å². The Balaban J connectivity index is 2.09. The molecule has 0 aliphatic carbocycles. The van der Waals surface area contributed by atoms with Crippen LogP contribution in [0.15, 0.2) is 60.7 Å². The minimum atomic E-state index is 0.0925. The highest BCUT2D eigenvalue weighted by Crippen LogP contribution is 2.23. The Hall–Kier alpha value is -2.13. The molecule has 2 rings (SSSR count). The number of amides is 1. The average molecular weight is 282 g/mol. The van der Waals surface area contributed by atoms with Gasteiger partial charge in [0.15, 0.2) is 0 Å². The number of hydrogen-bond acceptors (Lipinski definition) is 2.